The van der Waals surface area contributed by atoms with E-state index in [1.807, 2.05) is 4.72 Å². The summed E-state index contributed by atoms with van der Waals surface area (Å²) >= 11 is 5.72. The molecule has 0 saturated heterocycles. The van der Waals surface area contributed by atoms with Crippen molar-refractivity contribution in [3.05, 3.63) is 41.6 Å². The van der Waals surface area contributed by atoms with Crippen LogP contribution >= 0.6 is 11.6 Å². The Morgan fingerprint density at radius 1 is 1.23 bits per heavy atom. The molecule has 22 heavy (non-hydrogen) atoms. The van der Waals surface area contributed by atoms with Crippen LogP contribution in [0.2, 0.25) is 5.15 Å². The lowest BCUT2D eigenvalue weighted by Gasteiger charge is -2.08. The molecule has 1 aromatic heterocycles. The van der Waals surface area contributed by atoms with Gasteiger partial charge < -0.3 is 4.74 Å². The minimum absolute atomic E-state index is 0.0352. The van der Waals surface area contributed by atoms with Crippen molar-refractivity contribution in [2.75, 3.05) is 12.4 Å². The number of urea groups is 1. The lowest BCUT2D eigenvalue weighted by Crippen LogP contribution is -2.34. The van der Waals surface area contributed by atoms with Gasteiger partial charge in [0, 0.05) is 6.07 Å². The summed E-state index contributed by atoms with van der Waals surface area (Å²) in [5.41, 5.74) is 0. The highest BCUT2D eigenvalue weighted by molar-refractivity contribution is 7.90. The topological polar surface area (TPSA) is 110 Å². The second kappa shape index (κ2) is 6.58. The van der Waals surface area contributed by atoms with Gasteiger partial charge in [0.2, 0.25) is 11.8 Å². The monoisotopic (exact) mass is 342 g/mol. The second-order valence-corrected chi connectivity index (χ2v) is 6.00. The quantitative estimate of drug-likeness (QED) is 0.817. The van der Waals surface area contributed by atoms with Crippen LogP contribution in [0.15, 0.2) is 41.3 Å². The van der Waals surface area contributed by atoms with Crippen molar-refractivity contribution in [2.45, 2.75) is 4.90 Å². The molecule has 0 aliphatic rings. The first-order valence-electron chi connectivity index (χ1n) is 5.88. The normalized spacial score (nSPS) is 10.8. The van der Waals surface area contributed by atoms with Gasteiger partial charge in [-0.3, -0.25) is 5.32 Å². The Labute approximate surface area is 131 Å². The summed E-state index contributed by atoms with van der Waals surface area (Å²) in [6, 6.07) is 7.77. The number of hydrogen-bond donors (Lipinski definition) is 2. The number of halogens is 1. The summed E-state index contributed by atoms with van der Waals surface area (Å²) in [6.45, 7) is 0. The van der Waals surface area contributed by atoms with Crippen molar-refractivity contribution in [3.8, 4) is 5.88 Å². The lowest BCUT2D eigenvalue weighted by atomic mass is 10.4. The average Bonchev–Trinajstić information content (AvgIpc) is 2.46. The van der Waals surface area contributed by atoms with Gasteiger partial charge in [-0.15, -0.1) is 0 Å². The molecule has 8 nitrogen and oxygen atoms in total. The van der Waals surface area contributed by atoms with E-state index in [1.165, 1.54) is 37.4 Å². The molecule has 0 fully saturated rings. The van der Waals surface area contributed by atoms with Gasteiger partial charge in [0.05, 0.1) is 12.0 Å². The van der Waals surface area contributed by atoms with Gasteiger partial charge in [0.25, 0.3) is 10.0 Å². The highest BCUT2D eigenvalue weighted by Gasteiger charge is 2.18. The number of amides is 2. The smallest absolute Gasteiger partial charge is 0.335 e. The summed E-state index contributed by atoms with van der Waals surface area (Å²) in [5.74, 6) is -0.0636. The zero-order valence-electron chi connectivity index (χ0n) is 11.3. The standard InChI is InChI=1S/C12H11ClN4O4S/c1-21-10-7-9(13)14-11(15-10)16-12(18)17-22(19,20)8-5-3-2-4-6-8/h2-7H,1H3,(H2,14,15,16,17,18). The molecule has 10 heteroatoms. The first-order valence-corrected chi connectivity index (χ1v) is 7.74. The minimum Gasteiger partial charge on any atom is -0.481 e. The van der Waals surface area contributed by atoms with Crippen LogP contribution in [0.4, 0.5) is 10.7 Å². The Kier molecular flexibility index (Phi) is 4.78. The summed E-state index contributed by atoms with van der Waals surface area (Å²) in [7, 11) is -2.62. The van der Waals surface area contributed by atoms with Crippen LogP contribution in [0.25, 0.3) is 0 Å². The molecule has 0 aliphatic heterocycles. The fourth-order valence-electron chi connectivity index (χ4n) is 1.47. The molecule has 2 amide bonds. The molecule has 2 aromatic rings. The Balaban J connectivity index is 2.12. The molecule has 1 aromatic carbocycles. The first kappa shape index (κ1) is 16.0. The summed E-state index contributed by atoms with van der Waals surface area (Å²) < 4.78 is 30.6. The largest absolute Gasteiger partial charge is 0.481 e. The molecule has 0 atom stereocenters. The van der Waals surface area contributed by atoms with Crippen molar-refractivity contribution in [1.29, 1.82) is 0 Å². The van der Waals surface area contributed by atoms with Crippen LogP contribution in [0.1, 0.15) is 0 Å². The van der Waals surface area contributed by atoms with Crippen molar-refractivity contribution < 1.29 is 17.9 Å². The number of nitrogens with zero attached hydrogens (tertiary/aromatic N) is 2. The van der Waals surface area contributed by atoms with Crippen LogP contribution in [0.5, 0.6) is 5.88 Å². The fourth-order valence-corrected chi connectivity index (χ4v) is 2.57. The van der Waals surface area contributed by atoms with Gasteiger partial charge in [0.1, 0.15) is 5.15 Å². The third-order valence-electron chi connectivity index (χ3n) is 2.39. The number of hydrogen-bond acceptors (Lipinski definition) is 6. The number of benzene rings is 1. The Bertz CT molecular complexity index is 783. The Morgan fingerprint density at radius 3 is 2.55 bits per heavy atom. The number of rotatable bonds is 4. The number of carbonyl (C=O) groups excluding carboxylic acids is 1. The predicted molar refractivity (Wildman–Crippen MR) is 79.4 cm³/mol. The Hall–Kier alpha value is -2.39. The molecule has 1 heterocycles. The maximum atomic E-state index is 12.0. The van der Waals surface area contributed by atoms with E-state index >= 15 is 0 Å². The van der Waals surface area contributed by atoms with Gasteiger partial charge >= 0.3 is 6.03 Å². The number of anilines is 1. The second-order valence-electron chi connectivity index (χ2n) is 3.93. The minimum atomic E-state index is -3.99. The maximum Gasteiger partial charge on any atom is 0.335 e. The molecule has 2 rings (SSSR count). The summed E-state index contributed by atoms with van der Waals surface area (Å²) in [5, 5.41) is 2.20. The molecule has 0 radical (unpaired) electrons. The molecular formula is C12H11ClN4O4S. The van der Waals surface area contributed by atoms with Gasteiger partial charge in [-0.25, -0.2) is 22.9 Å². The number of carbonyl (C=O) groups is 1. The van der Waals surface area contributed by atoms with E-state index in [-0.39, 0.29) is 21.9 Å². The summed E-state index contributed by atoms with van der Waals surface area (Å²) in [6.07, 6.45) is 0. The predicted octanol–water partition coefficient (Wildman–Crippen LogP) is 1.65. The van der Waals surface area contributed by atoms with E-state index in [9.17, 15) is 13.2 Å². The third kappa shape index (κ3) is 4.06. The number of aromatic nitrogens is 2. The molecule has 2 N–H and O–H groups in total. The zero-order valence-corrected chi connectivity index (χ0v) is 12.9. The molecule has 0 aliphatic carbocycles. The SMILES string of the molecule is COc1cc(Cl)nc(NC(=O)NS(=O)(=O)c2ccccc2)n1. The lowest BCUT2D eigenvalue weighted by molar-refractivity contribution is 0.256. The van der Waals surface area contributed by atoms with E-state index in [0.29, 0.717) is 0 Å². The van der Waals surface area contributed by atoms with E-state index in [1.54, 1.807) is 6.07 Å². The summed E-state index contributed by atoms with van der Waals surface area (Å²) in [4.78, 5) is 19.2. The highest BCUT2D eigenvalue weighted by Crippen LogP contribution is 2.15. The van der Waals surface area contributed by atoms with Gasteiger partial charge in [0.15, 0.2) is 0 Å². The molecule has 0 saturated carbocycles. The van der Waals surface area contributed by atoms with Crippen molar-refractivity contribution >= 4 is 33.6 Å². The van der Waals surface area contributed by atoms with Gasteiger partial charge in [-0.1, -0.05) is 29.8 Å². The maximum absolute atomic E-state index is 12.0. The van der Waals surface area contributed by atoms with E-state index < -0.39 is 16.1 Å². The molecule has 0 unspecified atom stereocenters. The van der Waals surface area contributed by atoms with Crippen LogP contribution in [-0.2, 0) is 10.0 Å². The molecule has 116 valence electrons. The Morgan fingerprint density at radius 2 is 1.91 bits per heavy atom. The third-order valence-corrected chi connectivity index (χ3v) is 3.93. The number of nitrogens with one attached hydrogen (secondary N) is 2. The van der Waals surface area contributed by atoms with Crippen LogP contribution in [-0.4, -0.2) is 31.5 Å². The van der Waals surface area contributed by atoms with Gasteiger partial charge in [-0.05, 0) is 12.1 Å². The number of sulfonamides is 1. The van der Waals surface area contributed by atoms with E-state index in [0.717, 1.165) is 0 Å². The fraction of sp³-hybridized carbons (Fsp3) is 0.0833. The number of ether oxygens (including phenoxy) is 1. The van der Waals surface area contributed by atoms with E-state index in [4.69, 9.17) is 16.3 Å². The molecule has 0 spiro atoms. The highest BCUT2D eigenvalue weighted by atomic mass is 35.5. The van der Waals surface area contributed by atoms with Crippen LogP contribution < -0.4 is 14.8 Å². The number of methoxy groups -OCH3 is 1. The van der Waals surface area contributed by atoms with E-state index in [2.05, 4.69) is 15.3 Å². The molecule has 0 bridgehead atoms. The zero-order chi connectivity index (χ0) is 16.2. The van der Waals surface area contributed by atoms with Crippen LogP contribution in [0, 0.1) is 0 Å². The van der Waals surface area contributed by atoms with Gasteiger partial charge in [-0.2, -0.15) is 4.98 Å². The average molecular weight is 343 g/mol. The van der Waals surface area contributed by atoms with Crippen LogP contribution in [0.3, 0.4) is 0 Å². The molecular weight excluding hydrogens is 332 g/mol. The first-order chi connectivity index (χ1) is 10.4. The van der Waals surface area contributed by atoms with Crippen molar-refractivity contribution in [2.24, 2.45) is 0 Å². The van der Waals surface area contributed by atoms with Crippen molar-refractivity contribution in [1.82, 2.24) is 14.7 Å². The van der Waals surface area contributed by atoms with Crippen molar-refractivity contribution in [3.63, 3.8) is 0 Å².